The van der Waals surface area contributed by atoms with Crippen LogP contribution >= 0.6 is 0 Å². The molecule has 120 valence electrons. The second-order valence-corrected chi connectivity index (χ2v) is 7.97. The van der Waals surface area contributed by atoms with Crippen molar-refractivity contribution in [2.45, 2.75) is 24.9 Å². The monoisotopic (exact) mass is 324 g/mol. The maximum atomic E-state index is 12.4. The van der Waals surface area contributed by atoms with Crippen LogP contribution in [0.3, 0.4) is 0 Å². The van der Waals surface area contributed by atoms with E-state index in [4.69, 9.17) is 4.74 Å². The van der Waals surface area contributed by atoms with Crippen LogP contribution in [0.15, 0.2) is 30.3 Å². The van der Waals surface area contributed by atoms with Gasteiger partial charge in [-0.3, -0.25) is 0 Å². The topological polar surface area (TPSA) is 75.7 Å². The predicted octanol–water partition coefficient (Wildman–Crippen LogP) is 1.13. The van der Waals surface area contributed by atoms with Gasteiger partial charge in [0.1, 0.15) is 5.60 Å². The fourth-order valence-electron chi connectivity index (χ4n) is 2.97. The van der Waals surface area contributed by atoms with E-state index < -0.39 is 21.7 Å². The van der Waals surface area contributed by atoms with Crippen molar-refractivity contribution >= 4 is 16.1 Å². The van der Waals surface area contributed by atoms with Crippen LogP contribution in [0.4, 0.5) is 4.79 Å². The maximum Gasteiger partial charge on any atom is 0.407 e. The zero-order chi connectivity index (χ0) is 15.6. The molecule has 3 rings (SSSR count). The van der Waals surface area contributed by atoms with Gasteiger partial charge in [-0.1, -0.05) is 30.3 Å². The summed E-state index contributed by atoms with van der Waals surface area (Å²) < 4.78 is 31.7. The van der Waals surface area contributed by atoms with Crippen LogP contribution in [0.2, 0.25) is 0 Å². The first kappa shape index (κ1) is 15.3. The van der Waals surface area contributed by atoms with Crippen LogP contribution in [0, 0.1) is 0 Å². The number of nitrogens with zero attached hydrogens (tertiary/aromatic N) is 1. The average molecular weight is 324 g/mol. The predicted molar refractivity (Wildman–Crippen MR) is 82.0 cm³/mol. The van der Waals surface area contributed by atoms with Gasteiger partial charge < -0.3 is 10.1 Å². The Morgan fingerprint density at radius 2 is 1.86 bits per heavy atom. The summed E-state index contributed by atoms with van der Waals surface area (Å²) in [6.45, 7) is 1.29. The summed E-state index contributed by atoms with van der Waals surface area (Å²) >= 11 is 0. The molecule has 0 radical (unpaired) electrons. The molecule has 2 saturated heterocycles. The normalized spacial score (nSPS) is 21.5. The van der Waals surface area contributed by atoms with Gasteiger partial charge in [0.25, 0.3) is 0 Å². The molecule has 1 amide bonds. The number of hydrogen-bond donors (Lipinski definition) is 1. The lowest BCUT2D eigenvalue weighted by atomic mass is 9.93. The first-order valence-electron chi connectivity index (χ1n) is 7.48. The van der Waals surface area contributed by atoms with Crippen molar-refractivity contribution in [2.75, 3.05) is 25.4 Å². The van der Waals surface area contributed by atoms with Crippen molar-refractivity contribution in [3.8, 4) is 0 Å². The summed E-state index contributed by atoms with van der Waals surface area (Å²) in [5, 5.41) is 2.65. The van der Waals surface area contributed by atoms with Gasteiger partial charge >= 0.3 is 6.09 Å². The van der Waals surface area contributed by atoms with Crippen LogP contribution in [0.5, 0.6) is 0 Å². The highest BCUT2D eigenvalue weighted by molar-refractivity contribution is 7.89. The van der Waals surface area contributed by atoms with Crippen molar-refractivity contribution in [3.63, 3.8) is 0 Å². The molecule has 6 nitrogen and oxygen atoms in total. The van der Waals surface area contributed by atoms with E-state index in [1.807, 2.05) is 30.3 Å². The quantitative estimate of drug-likeness (QED) is 0.901. The minimum absolute atomic E-state index is 0.113. The maximum absolute atomic E-state index is 12.4. The second kappa shape index (κ2) is 5.89. The molecule has 22 heavy (non-hydrogen) atoms. The third kappa shape index (κ3) is 3.25. The first-order valence-corrected chi connectivity index (χ1v) is 9.09. The molecule has 0 aliphatic carbocycles. The van der Waals surface area contributed by atoms with Crippen molar-refractivity contribution in [3.05, 3.63) is 35.9 Å². The Bertz CT molecular complexity index is 637. The Morgan fingerprint density at radius 3 is 2.45 bits per heavy atom. The van der Waals surface area contributed by atoms with Gasteiger partial charge in [-0.15, -0.1) is 0 Å². The molecular weight excluding hydrogens is 304 g/mol. The molecule has 0 saturated carbocycles. The zero-order valence-electron chi connectivity index (χ0n) is 12.3. The fourth-order valence-corrected chi connectivity index (χ4v) is 4.46. The van der Waals surface area contributed by atoms with Crippen LogP contribution in [0.1, 0.15) is 18.4 Å². The lowest BCUT2D eigenvalue weighted by molar-refractivity contribution is 0.0173. The lowest BCUT2D eigenvalue weighted by Gasteiger charge is -2.36. The van der Waals surface area contributed by atoms with Gasteiger partial charge in [0.2, 0.25) is 10.0 Å². The Morgan fingerprint density at radius 1 is 1.18 bits per heavy atom. The number of benzene rings is 1. The third-order valence-corrected chi connectivity index (χ3v) is 6.25. The minimum atomic E-state index is -3.27. The zero-order valence-corrected chi connectivity index (χ0v) is 13.1. The van der Waals surface area contributed by atoms with Gasteiger partial charge in [-0.25, -0.2) is 17.5 Å². The highest BCUT2D eigenvalue weighted by Gasteiger charge is 2.44. The van der Waals surface area contributed by atoms with Gasteiger partial charge in [0.05, 0.1) is 12.3 Å². The van der Waals surface area contributed by atoms with Crippen LogP contribution in [-0.2, 0) is 21.2 Å². The summed E-state index contributed by atoms with van der Waals surface area (Å²) in [5.74, 6) is 0.113. The number of carbonyl (C=O) groups is 1. The average Bonchev–Trinajstić information content (AvgIpc) is 2.87. The molecule has 2 fully saturated rings. The van der Waals surface area contributed by atoms with Gasteiger partial charge in [0.15, 0.2) is 0 Å². The Kier molecular flexibility index (Phi) is 4.10. The lowest BCUT2D eigenvalue weighted by Crippen LogP contribution is -2.49. The smallest absolute Gasteiger partial charge is 0.407 e. The Balaban J connectivity index is 1.57. The van der Waals surface area contributed by atoms with Crippen molar-refractivity contribution in [1.29, 1.82) is 0 Å². The summed E-state index contributed by atoms with van der Waals surface area (Å²) in [5.41, 5.74) is 0.510. The number of ether oxygens (including phenoxy) is 1. The number of amides is 1. The van der Waals surface area contributed by atoms with Crippen LogP contribution in [-0.4, -0.2) is 49.8 Å². The van der Waals surface area contributed by atoms with Crippen molar-refractivity contribution < 1.29 is 17.9 Å². The minimum Gasteiger partial charge on any atom is -0.441 e. The highest BCUT2D eigenvalue weighted by Crippen LogP contribution is 2.30. The van der Waals surface area contributed by atoms with Crippen LogP contribution < -0.4 is 5.32 Å². The van der Waals surface area contributed by atoms with E-state index in [2.05, 4.69) is 5.32 Å². The summed E-state index contributed by atoms with van der Waals surface area (Å²) in [6.07, 6.45) is 1.22. The number of alkyl carbamates (subject to hydrolysis) is 1. The summed E-state index contributed by atoms with van der Waals surface area (Å²) in [4.78, 5) is 11.2. The molecule has 0 unspecified atom stereocenters. The molecule has 1 N–H and O–H groups in total. The SMILES string of the molecule is O=C1NCC2(CCN(S(=O)(=O)CCc3ccccc3)CC2)O1. The van der Waals surface area contributed by atoms with Crippen molar-refractivity contribution in [1.82, 2.24) is 9.62 Å². The van der Waals surface area contributed by atoms with E-state index in [9.17, 15) is 13.2 Å². The summed E-state index contributed by atoms with van der Waals surface area (Å²) in [7, 11) is -3.27. The Hall–Kier alpha value is -1.60. The van der Waals surface area contributed by atoms with E-state index >= 15 is 0 Å². The van der Waals surface area contributed by atoms with E-state index in [-0.39, 0.29) is 5.75 Å². The third-order valence-electron chi connectivity index (χ3n) is 4.38. The van der Waals surface area contributed by atoms with Gasteiger partial charge in [0, 0.05) is 25.9 Å². The molecule has 0 bridgehead atoms. The van der Waals surface area contributed by atoms with E-state index in [0.717, 1.165) is 5.56 Å². The molecule has 0 atom stereocenters. The second-order valence-electron chi connectivity index (χ2n) is 5.88. The molecule has 0 aromatic heterocycles. The number of rotatable bonds is 4. The summed E-state index contributed by atoms with van der Waals surface area (Å²) in [6, 6.07) is 9.61. The Labute approximate surface area is 130 Å². The molecule has 1 spiro atoms. The van der Waals surface area contributed by atoms with Crippen molar-refractivity contribution in [2.24, 2.45) is 0 Å². The number of sulfonamides is 1. The first-order chi connectivity index (χ1) is 10.5. The van der Waals surface area contributed by atoms with Gasteiger partial charge in [-0.05, 0) is 12.0 Å². The number of hydrogen-bond acceptors (Lipinski definition) is 4. The molecule has 1 aromatic carbocycles. The highest BCUT2D eigenvalue weighted by atomic mass is 32.2. The molecule has 2 aliphatic heterocycles. The molecule has 2 heterocycles. The molecule has 1 aromatic rings. The van der Waals surface area contributed by atoms with Crippen LogP contribution in [0.25, 0.3) is 0 Å². The van der Waals surface area contributed by atoms with E-state index in [1.54, 1.807) is 0 Å². The number of carbonyl (C=O) groups excluding carboxylic acids is 1. The van der Waals surface area contributed by atoms with E-state index in [1.165, 1.54) is 4.31 Å². The number of aryl methyl sites for hydroxylation is 1. The number of nitrogens with one attached hydrogen (secondary N) is 1. The standard InChI is InChI=1S/C15H20N2O4S/c18-14-16-12-15(21-14)7-9-17(10-8-15)22(19,20)11-6-13-4-2-1-3-5-13/h1-5H,6-12H2,(H,16,18). The fraction of sp³-hybridized carbons (Fsp3) is 0.533. The van der Waals surface area contributed by atoms with Gasteiger partial charge in [-0.2, -0.15) is 0 Å². The molecular formula is C15H20N2O4S. The number of piperidine rings is 1. The largest absolute Gasteiger partial charge is 0.441 e. The van der Waals surface area contributed by atoms with E-state index in [0.29, 0.717) is 38.9 Å². The molecule has 2 aliphatic rings. The molecule has 7 heteroatoms.